The van der Waals surface area contributed by atoms with Gasteiger partial charge in [-0.15, -0.1) is 0 Å². The van der Waals surface area contributed by atoms with E-state index in [1.807, 2.05) is 0 Å². The molecule has 0 aromatic heterocycles. The number of ether oxygens (including phenoxy) is 1. The van der Waals surface area contributed by atoms with E-state index in [0.29, 0.717) is 17.9 Å². The van der Waals surface area contributed by atoms with Crippen molar-refractivity contribution < 1.29 is 19.2 Å². The maximum atomic E-state index is 12.6. The highest BCUT2D eigenvalue weighted by Crippen LogP contribution is 2.34. The van der Waals surface area contributed by atoms with Crippen molar-refractivity contribution in [2.45, 2.75) is 6.54 Å². The Morgan fingerprint density at radius 3 is 2.54 bits per heavy atom. The molecule has 1 fully saturated rings. The van der Waals surface area contributed by atoms with Crippen molar-refractivity contribution in [2.75, 3.05) is 6.61 Å². The summed E-state index contributed by atoms with van der Waals surface area (Å²) in [5, 5.41) is 10.7. The number of nitrogens with zero attached hydrogens (tertiary/aromatic N) is 2. The number of para-hydroxylation sites is 1. The lowest BCUT2D eigenvalue weighted by Crippen LogP contribution is -2.27. The van der Waals surface area contributed by atoms with Crippen LogP contribution >= 0.6 is 11.8 Å². The summed E-state index contributed by atoms with van der Waals surface area (Å²) in [7, 11) is 0. The molecule has 0 spiro atoms. The van der Waals surface area contributed by atoms with Gasteiger partial charge in [0.1, 0.15) is 12.4 Å². The van der Waals surface area contributed by atoms with Crippen LogP contribution in [0.15, 0.2) is 66.1 Å². The summed E-state index contributed by atoms with van der Waals surface area (Å²) < 4.78 is 5.40. The molecule has 28 heavy (non-hydrogen) atoms. The van der Waals surface area contributed by atoms with Crippen LogP contribution in [-0.2, 0) is 11.3 Å². The van der Waals surface area contributed by atoms with Crippen LogP contribution in [-0.4, -0.2) is 27.6 Å². The molecule has 0 bridgehead atoms. The SMILES string of the molecule is C=CCOc1ccc(/C=C2\SC(=O)N(Cc3ccccc3[N+](=O)[O-])C2=O)cc1. The van der Waals surface area contributed by atoms with Gasteiger partial charge in [-0.2, -0.15) is 0 Å². The van der Waals surface area contributed by atoms with E-state index >= 15 is 0 Å². The Labute approximate surface area is 165 Å². The molecular formula is C20H16N2O5S. The van der Waals surface area contributed by atoms with Gasteiger partial charge in [-0.1, -0.05) is 43.0 Å². The third kappa shape index (κ3) is 4.29. The fourth-order valence-corrected chi connectivity index (χ4v) is 3.43. The largest absolute Gasteiger partial charge is 0.490 e. The molecule has 1 saturated heterocycles. The molecule has 0 unspecified atom stereocenters. The molecule has 0 atom stereocenters. The molecule has 0 radical (unpaired) electrons. The Morgan fingerprint density at radius 2 is 1.86 bits per heavy atom. The van der Waals surface area contributed by atoms with E-state index in [9.17, 15) is 19.7 Å². The number of amides is 2. The van der Waals surface area contributed by atoms with E-state index in [1.54, 1.807) is 42.5 Å². The fraction of sp³-hybridized carbons (Fsp3) is 0.100. The lowest BCUT2D eigenvalue weighted by molar-refractivity contribution is -0.385. The summed E-state index contributed by atoms with van der Waals surface area (Å²) >= 11 is 0.812. The predicted molar refractivity (Wildman–Crippen MR) is 107 cm³/mol. The van der Waals surface area contributed by atoms with Gasteiger partial charge in [-0.05, 0) is 35.5 Å². The molecule has 8 heteroatoms. The Balaban J connectivity index is 1.77. The standard InChI is InChI=1S/C20H16N2O5S/c1-2-11-27-16-9-7-14(8-10-16)12-18-19(23)21(20(24)28-18)13-15-5-3-4-6-17(15)22(25)26/h2-10,12H,1,11,13H2/b18-12-. The maximum Gasteiger partial charge on any atom is 0.293 e. The number of nitro benzene ring substituents is 1. The maximum absolute atomic E-state index is 12.6. The Hall–Kier alpha value is -3.39. The van der Waals surface area contributed by atoms with Crippen molar-refractivity contribution in [3.63, 3.8) is 0 Å². The molecule has 3 rings (SSSR count). The average Bonchev–Trinajstić information content (AvgIpc) is 2.95. The second-order valence-electron chi connectivity index (χ2n) is 5.82. The first-order chi connectivity index (χ1) is 13.5. The summed E-state index contributed by atoms with van der Waals surface area (Å²) in [4.78, 5) is 36.8. The van der Waals surface area contributed by atoms with E-state index < -0.39 is 16.1 Å². The second kappa shape index (κ2) is 8.53. The lowest BCUT2D eigenvalue weighted by atomic mass is 10.1. The number of benzene rings is 2. The summed E-state index contributed by atoms with van der Waals surface area (Å²) in [6, 6.07) is 13.1. The van der Waals surface area contributed by atoms with E-state index in [0.717, 1.165) is 22.2 Å². The van der Waals surface area contributed by atoms with Gasteiger partial charge in [0, 0.05) is 11.6 Å². The van der Waals surface area contributed by atoms with Crippen LogP contribution in [0.25, 0.3) is 6.08 Å². The van der Waals surface area contributed by atoms with Gasteiger partial charge >= 0.3 is 0 Å². The topological polar surface area (TPSA) is 89.8 Å². The summed E-state index contributed by atoms with van der Waals surface area (Å²) in [5.41, 5.74) is 0.919. The number of carbonyl (C=O) groups is 2. The summed E-state index contributed by atoms with van der Waals surface area (Å²) in [6.07, 6.45) is 3.25. The zero-order chi connectivity index (χ0) is 20.1. The lowest BCUT2D eigenvalue weighted by Gasteiger charge is -2.12. The second-order valence-corrected chi connectivity index (χ2v) is 6.82. The third-order valence-electron chi connectivity index (χ3n) is 3.94. The van der Waals surface area contributed by atoms with Crippen molar-refractivity contribution in [3.8, 4) is 5.75 Å². The van der Waals surface area contributed by atoms with Crippen LogP contribution in [0.2, 0.25) is 0 Å². The van der Waals surface area contributed by atoms with Gasteiger partial charge in [-0.25, -0.2) is 0 Å². The van der Waals surface area contributed by atoms with Gasteiger partial charge in [0.2, 0.25) is 0 Å². The van der Waals surface area contributed by atoms with Crippen LogP contribution in [0.1, 0.15) is 11.1 Å². The quantitative estimate of drug-likeness (QED) is 0.298. The Bertz CT molecular complexity index is 969. The van der Waals surface area contributed by atoms with Crippen LogP contribution in [0.3, 0.4) is 0 Å². The minimum Gasteiger partial charge on any atom is -0.490 e. The first kappa shape index (κ1) is 19.4. The molecule has 7 nitrogen and oxygen atoms in total. The van der Waals surface area contributed by atoms with Crippen LogP contribution < -0.4 is 4.74 Å². The van der Waals surface area contributed by atoms with Crippen molar-refractivity contribution >= 4 is 34.7 Å². The average molecular weight is 396 g/mol. The summed E-state index contributed by atoms with van der Waals surface area (Å²) in [5.74, 6) is 0.196. The first-order valence-corrected chi connectivity index (χ1v) is 9.12. The Kier molecular flexibility index (Phi) is 5.90. The van der Waals surface area contributed by atoms with Crippen LogP contribution in [0.5, 0.6) is 5.75 Å². The smallest absolute Gasteiger partial charge is 0.293 e. The molecule has 2 aromatic carbocycles. The van der Waals surface area contributed by atoms with Crippen molar-refractivity contribution in [3.05, 3.63) is 87.3 Å². The number of rotatable bonds is 7. The first-order valence-electron chi connectivity index (χ1n) is 8.31. The predicted octanol–water partition coefficient (Wildman–Crippen LogP) is 4.40. The van der Waals surface area contributed by atoms with E-state index in [1.165, 1.54) is 18.2 Å². The number of nitro groups is 1. The van der Waals surface area contributed by atoms with Gasteiger partial charge < -0.3 is 4.74 Å². The number of carbonyl (C=O) groups excluding carboxylic acids is 2. The molecule has 2 aromatic rings. The van der Waals surface area contributed by atoms with Crippen LogP contribution in [0, 0.1) is 10.1 Å². The van der Waals surface area contributed by atoms with Crippen LogP contribution in [0.4, 0.5) is 10.5 Å². The normalized spacial score (nSPS) is 15.1. The minimum atomic E-state index is -0.528. The number of thioether (sulfide) groups is 1. The van der Waals surface area contributed by atoms with Gasteiger partial charge in [0.05, 0.1) is 16.4 Å². The zero-order valence-corrected chi connectivity index (χ0v) is 15.6. The van der Waals surface area contributed by atoms with Crippen molar-refractivity contribution in [1.82, 2.24) is 4.90 Å². The van der Waals surface area contributed by atoms with Gasteiger partial charge in [0.15, 0.2) is 0 Å². The van der Waals surface area contributed by atoms with Crippen molar-refractivity contribution in [2.24, 2.45) is 0 Å². The third-order valence-corrected chi connectivity index (χ3v) is 4.84. The molecule has 1 aliphatic heterocycles. The van der Waals surface area contributed by atoms with E-state index in [4.69, 9.17) is 4.74 Å². The zero-order valence-electron chi connectivity index (χ0n) is 14.7. The highest BCUT2D eigenvalue weighted by atomic mass is 32.2. The number of hydrogen-bond acceptors (Lipinski definition) is 6. The van der Waals surface area contributed by atoms with Gasteiger partial charge in [0.25, 0.3) is 16.8 Å². The summed E-state index contributed by atoms with van der Waals surface area (Å²) in [6.45, 7) is 3.83. The number of imide groups is 1. The van der Waals surface area contributed by atoms with E-state index in [-0.39, 0.29) is 17.1 Å². The van der Waals surface area contributed by atoms with Crippen molar-refractivity contribution in [1.29, 1.82) is 0 Å². The minimum absolute atomic E-state index is 0.124. The molecular weight excluding hydrogens is 380 g/mol. The highest BCUT2D eigenvalue weighted by Gasteiger charge is 2.36. The molecule has 2 amide bonds. The highest BCUT2D eigenvalue weighted by molar-refractivity contribution is 8.18. The molecule has 1 heterocycles. The van der Waals surface area contributed by atoms with Gasteiger partial charge in [-0.3, -0.25) is 24.6 Å². The number of hydrogen-bond donors (Lipinski definition) is 0. The Morgan fingerprint density at radius 1 is 1.14 bits per heavy atom. The van der Waals surface area contributed by atoms with E-state index in [2.05, 4.69) is 6.58 Å². The molecule has 0 saturated carbocycles. The fourth-order valence-electron chi connectivity index (χ4n) is 2.60. The molecule has 142 valence electrons. The molecule has 1 aliphatic rings. The molecule has 0 N–H and O–H groups in total. The molecule has 0 aliphatic carbocycles. The monoisotopic (exact) mass is 396 g/mol.